The molecule has 6 nitrogen and oxygen atoms in total. The molecule has 178 valence electrons. The second-order valence-corrected chi connectivity index (χ2v) is 10.4. The van der Waals surface area contributed by atoms with Gasteiger partial charge in [-0.05, 0) is 61.0 Å². The smallest absolute Gasteiger partial charge is 0.226 e. The summed E-state index contributed by atoms with van der Waals surface area (Å²) in [5.41, 5.74) is 6.22. The first-order chi connectivity index (χ1) is 16.6. The van der Waals surface area contributed by atoms with Crippen LogP contribution in [-0.4, -0.2) is 71.1 Å². The Balaban J connectivity index is 1.18. The van der Waals surface area contributed by atoms with E-state index in [1.807, 2.05) is 10.7 Å². The summed E-state index contributed by atoms with van der Waals surface area (Å²) < 4.78 is 2.00. The second kappa shape index (κ2) is 8.73. The van der Waals surface area contributed by atoms with Crippen LogP contribution < -0.4 is 4.90 Å². The minimum Gasteiger partial charge on any atom is -0.366 e. The van der Waals surface area contributed by atoms with Crippen molar-refractivity contribution in [2.45, 2.75) is 32.6 Å². The van der Waals surface area contributed by atoms with Crippen LogP contribution in [0, 0.1) is 11.8 Å². The maximum absolute atomic E-state index is 12.6. The number of rotatable bonds is 5. The lowest BCUT2D eigenvalue weighted by molar-refractivity contribution is -0.133. The Morgan fingerprint density at radius 2 is 1.79 bits per heavy atom. The molecule has 1 amide bonds. The van der Waals surface area contributed by atoms with Crippen LogP contribution in [0.1, 0.15) is 38.2 Å². The average molecular weight is 458 g/mol. The zero-order valence-electron chi connectivity index (χ0n) is 20.4. The Morgan fingerprint density at radius 1 is 1.03 bits per heavy atom. The van der Waals surface area contributed by atoms with Crippen molar-refractivity contribution in [1.29, 1.82) is 0 Å². The summed E-state index contributed by atoms with van der Waals surface area (Å²) in [4.78, 5) is 19.6. The molecule has 3 atom stereocenters. The van der Waals surface area contributed by atoms with Gasteiger partial charge in [0.15, 0.2) is 0 Å². The molecule has 0 bridgehead atoms. The largest absolute Gasteiger partial charge is 0.366 e. The van der Waals surface area contributed by atoms with E-state index in [1.54, 1.807) is 0 Å². The molecule has 34 heavy (non-hydrogen) atoms. The van der Waals surface area contributed by atoms with Crippen molar-refractivity contribution in [3.8, 4) is 11.1 Å². The molecule has 0 spiro atoms. The van der Waals surface area contributed by atoms with E-state index in [0.717, 1.165) is 44.7 Å². The molecule has 2 aromatic heterocycles. The number of hydrogen-bond donors (Lipinski definition) is 0. The number of amides is 1. The lowest BCUT2D eigenvalue weighted by Crippen LogP contribution is -2.49. The van der Waals surface area contributed by atoms with E-state index in [0.29, 0.717) is 17.7 Å². The quantitative estimate of drug-likeness (QED) is 0.578. The van der Waals surface area contributed by atoms with Crippen LogP contribution in [0.15, 0.2) is 48.8 Å². The van der Waals surface area contributed by atoms with Crippen LogP contribution in [0.5, 0.6) is 0 Å². The molecule has 3 fully saturated rings. The van der Waals surface area contributed by atoms with Crippen LogP contribution in [0.3, 0.4) is 0 Å². The predicted molar refractivity (Wildman–Crippen MR) is 136 cm³/mol. The van der Waals surface area contributed by atoms with Gasteiger partial charge in [-0.15, -0.1) is 0 Å². The normalized spacial score (nSPS) is 25.3. The van der Waals surface area contributed by atoms with E-state index < -0.39 is 0 Å². The topological polar surface area (TPSA) is 44.1 Å². The lowest BCUT2D eigenvalue weighted by Gasteiger charge is -2.36. The number of carbonyl (C=O) groups excluding carboxylic acids is 1. The Kier molecular flexibility index (Phi) is 5.56. The maximum atomic E-state index is 12.6. The van der Waals surface area contributed by atoms with Gasteiger partial charge in [-0.2, -0.15) is 5.10 Å². The molecule has 2 saturated heterocycles. The van der Waals surface area contributed by atoms with Gasteiger partial charge in [-0.25, -0.2) is 4.52 Å². The second-order valence-electron chi connectivity index (χ2n) is 10.4. The van der Waals surface area contributed by atoms with Gasteiger partial charge >= 0.3 is 0 Å². The number of benzene rings is 1. The van der Waals surface area contributed by atoms with Gasteiger partial charge in [0.2, 0.25) is 5.91 Å². The summed E-state index contributed by atoms with van der Waals surface area (Å²) in [5, 5.41) is 4.58. The van der Waals surface area contributed by atoms with Gasteiger partial charge in [0.25, 0.3) is 0 Å². The Bertz CT molecular complexity index is 1180. The number of carbonyl (C=O) groups is 1. The van der Waals surface area contributed by atoms with Crippen molar-refractivity contribution in [2.75, 3.05) is 50.7 Å². The van der Waals surface area contributed by atoms with Gasteiger partial charge in [-0.3, -0.25) is 4.79 Å². The van der Waals surface area contributed by atoms with Crippen molar-refractivity contribution in [3.05, 3.63) is 54.4 Å². The highest BCUT2D eigenvalue weighted by Gasteiger charge is 2.42. The number of nitrogens with zero attached hydrogens (tertiary/aromatic N) is 5. The molecule has 1 saturated carbocycles. The number of anilines is 1. The van der Waals surface area contributed by atoms with Crippen LogP contribution in [-0.2, 0) is 4.79 Å². The standard InChI is InChI=1S/C28H35N5O/c1-3-30-11-9-23(18-30)21-4-6-22(7-5-21)24-17-27-26(8-10-29-33(27)19-24)31-12-14-32(15-13-31)28(34)25-16-20(25)2/h4-8,10,17,19-20,23,25H,3,9,11-16,18H2,1-2H3/t20-,23?,25-/m0/s1. The zero-order valence-corrected chi connectivity index (χ0v) is 20.4. The fourth-order valence-electron chi connectivity index (χ4n) is 5.83. The first kappa shape index (κ1) is 21.7. The Hall–Kier alpha value is -2.86. The van der Waals surface area contributed by atoms with Crippen molar-refractivity contribution >= 4 is 17.1 Å². The molecule has 0 radical (unpaired) electrons. The molecule has 2 aliphatic heterocycles. The fourth-order valence-corrected chi connectivity index (χ4v) is 5.83. The summed E-state index contributed by atoms with van der Waals surface area (Å²) >= 11 is 0. The molecular formula is C28H35N5O. The van der Waals surface area contributed by atoms with E-state index in [1.165, 1.54) is 41.9 Å². The van der Waals surface area contributed by atoms with Gasteiger partial charge in [-0.1, -0.05) is 38.1 Å². The Labute approximate surface area is 202 Å². The van der Waals surface area contributed by atoms with Crippen LogP contribution >= 0.6 is 0 Å². The van der Waals surface area contributed by atoms with Gasteiger partial charge < -0.3 is 14.7 Å². The summed E-state index contributed by atoms with van der Waals surface area (Å²) in [7, 11) is 0. The molecule has 0 N–H and O–H groups in total. The Morgan fingerprint density at radius 3 is 2.47 bits per heavy atom. The summed E-state index contributed by atoms with van der Waals surface area (Å²) in [6, 6.07) is 13.5. The van der Waals surface area contributed by atoms with E-state index >= 15 is 0 Å². The number of aromatic nitrogens is 2. The number of hydrogen-bond acceptors (Lipinski definition) is 4. The minimum absolute atomic E-state index is 0.276. The molecule has 1 aliphatic carbocycles. The minimum atomic E-state index is 0.276. The van der Waals surface area contributed by atoms with E-state index in [9.17, 15) is 4.79 Å². The fraction of sp³-hybridized carbons (Fsp3) is 0.500. The number of piperazine rings is 1. The van der Waals surface area contributed by atoms with Crippen LogP contribution in [0.2, 0.25) is 0 Å². The van der Waals surface area contributed by atoms with E-state index in [-0.39, 0.29) is 5.92 Å². The molecule has 6 heteroatoms. The summed E-state index contributed by atoms with van der Waals surface area (Å²) in [5.74, 6) is 1.87. The van der Waals surface area contributed by atoms with Crippen LogP contribution in [0.25, 0.3) is 16.6 Å². The van der Waals surface area contributed by atoms with Crippen molar-refractivity contribution < 1.29 is 4.79 Å². The van der Waals surface area contributed by atoms with E-state index in [4.69, 9.17) is 0 Å². The monoisotopic (exact) mass is 457 g/mol. The van der Waals surface area contributed by atoms with Crippen molar-refractivity contribution in [3.63, 3.8) is 0 Å². The molecule has 1 unspecified atom stereocenters. The molecule has 3 aliphatic rings. The van der Waals surface area contributed by atoms with Gasteiger partial charge in [0.05, 0.1) is 11.2 Å². The van der Waals surface area contributed by atoms with Crippen molar-refractivity contribution in [1.82, 2.24) is 19.4 Å². The molecule has 6 rings (SSSR count). The molecular weight excluding hydrogens is 422 g/mol. The summed E-state index contributed by atoms with van der Waals surface area (Å²) in [6.45, 7) is 11.3. The van der Waals surface area contributed by atoms with Crippen LogP contribution in [0.4, 0.5) is 5.69 Å². The van der Waals surface area contributed by atoms with E-state index in [2.05, 4.69) is 76.2 Å². The third-order valence-corrected chi connectivity index (χ3v) is 8.28. The van der Waals surface area contributed by atoms with Gasteiger partial charge in [0, 0.05) is 56.6 Å². The number of fused-ring (bicyclic) bond motifs is 1. The predicted octanol–water partition coefficient (Wildman–Crippen LogP) is 4.12. The molecule has 1 aromatic carbocycles. The zero-order chi connectivity index (χ0) is 23.2. The first-order valence-electron chi connectivity index (χ1n) is 12.9. The third-order valence-electron chi connectivity index (χ3n) is 8.28. The average Bonchev–Trinajstić information content (AvgIpc) is 3.26. The number of likely N-dealkylation sites (tertiary alicyclic amines) is 1. The van der Waals surface area contributed by atoms with Crippen molar-refractivity contribution in [2.24, 2.45) is 11.8 Å². The lowest BCUT2D eigenvalue weighted by atomic mass is 9.96. The summed E-state index contributed by atoms with van der Waals surface area (Å²) in [6.07, 6.45) is 6.35. The van der Waals surface area contributed by atoms with Gasteiger partial charge in [0.1, 0.15) is 0 Å². The third kappa shape index (κ3) is 3.98. The number of likely N-dealkylation sites (N-methyl/N-ethyl adjacent to an activating group) is 1. The highest BCUT2D eigenvalue weighted by molar-refractivity contribution is 5.83. The first-order valence-corrected chi connectivity index (χ1v) is 12.9. The SMILES string of the molecule is CCN1CCC(c2ccc(-c3cc4c(N5CCN(C(=O)[C@H]6C[C@@H]6C)CC5)ccnn4c3)cc2)C1. The highest BCUT2D eigenvalue weighted by Crippen LogP contribution is 2.39. The highest BCUT2D eigenvalue weighted by atomic mass is 16.2. The molecule has 3 aromatic rings. The molecule has 4 heterocycles. The maximum Gasteiger partial charge on any atom is 0.226 e.